The van der Waals surface area contributed by atoms with Crippen molar-refractivity contribution < 1.29 is 9.47 Å². The van der Waals surface area contributed by atoms with Crippen LogP contribution in [-0.4, -0.2) is 14.2 Å². The summed E-state index contributed by atoms with van der Waals surface area (Å²) in [5, 5.41) is 0. The van der Waals surface area contributed by atoms with Crippen molar-refractivity contribution in [3.8, 4) is 11.5 Å². The van der Waals surface area contributed by atoms with Crippen LogP contribution >= 0.6 is 15.9 Å². The van der Waals surface area contributed by atoms with Gasteiger partial charge in [-0.2, -0.15) is 0 Å². The molecule has 0 fully saturated rings. The molecule has 0 atom stereocenters. The molecule has 1 rings (SSSR count). The van der Waals surface area contributed by atoms with E-state index in [9.17, 15) is 0 Å². The molecule has 1 aromatic rings. The summed E-state index contributed by atoms with van der Waals surface area (Å²) in [7, 11) is 3.32. The van der Waals surface area contributed by atoms with E-state index in [1.165, 1.54) is 5.56 Å². The second-order valence-corrected chi connectivity index (χ2v) is 5.23. The van der Waals surface area contributed by atoms with Crippen molar-refractivity contribution in [3.05, 3.63) is 22.2 Å². The fourth-order valence-electron chi connectivity index (χ4n) is 1.38. The Hall–Kier alpha value is -0.700. The van der Waals surface area contributed by atoms with Gasteiger partial charge in [-0.3, -0.25) is 0 Å². The van der Waals surface area contributed by atoms with Crippen LogP contribution in [-0.2, 0) is 5.41 Å². The Morgan fingerprint density at radius 2 is 1.67 bits per heavy atom. The van der Waals surface area contributed by atoms with Crippen LogP contribution < -0.4 is 9.47 Å². The highest BCUT2D eigenvalue weighted by atomic mass is 79.9. The molecule has 0 unspecified atom stereocenters. The number of ether oxygens (including phenoxy) is 2. The van der Waals surface area contributed by atoms with Crippen LogP contribution in [0.1, 0.15) is 26.3 Å². The highest BCUT2D eigenvalue weighted by molar-refractivity contribution is 9.10. The fourth-order valence-corrected chi connectivity index (χ4v) is 2.37. The molecule has 0 saturated carbocycles. The van der Waals surface area contributed by atoms with Crippen molar-refractivity contribution in [1.82, 2.24) is 0 Å². The van der Waals surface area contributed by atoms with Crippen LogP contribution in [0, 0.1) is 0 Å². The zero-order chi connectivity index (χ0) is 11.6. The molecule has 0 aliphatic rings. The van der Waals surface area contributed by atoms with Gasteiger partial charge in [-0.1, -0.05) is 20.8 Å². The summed E-state index contributed by atoms with van der Waals surface area (Å²) in [6.45, 7) is 6.48. The van der Waals surface area contributed by atoms with Gasteiger partial charge in [-0.15, -0.1) is 0 Å². The molecule has 15 heavy (non-hydrogen) atoms. The van der Waals surface area contributed by atoms with E-state index in [2.05, 4.69) is 36.7 Å². The average Bonchev–Trinajstić information content (AvgIpc) is 2.16. The Balaban J connectivity index is 3.37. The van der Waals surface area contributed by atoms with E-state index in [0.29, 0.717) is 0 Å². The summed E-state index contributed by atoms with van der Waals surface area (Å²) < 4.78 is 11.5. The first-order valence-corrected chi connectivity index (χ1v) is 5.61. The van der Waals surface area contributed by atoms with Gasteiger partial charge in [0.15, 0.2) is 0 Å². The van der Waals surface area contributed by atoms with E-state index in [1.54, 1.807) is 14.2 Å². The molecule has 84 valence electrons. The van der Waals surface area contributed by atoms with Gasteiger partial charge < -0.3 is 9.47 Å². The van der Waals surface area contributed by atoms with Gasteiger partial charge in [0.2, 0.25) is 0 Å². The van der Waals surface area contributed by atoms with E-state index in [4.69, 9.17) is 9.47 Å². The average molecular weight is 273 g/mol. The second-order valence-electron chi connectivity index (χ2n) is 4.44. The summed E-state index contributed by atoms with van der Waals surface area (Å²) in [5.41, 5.74) is 1.24. The molecule has 3 heteroatoms. The number of benzene rings is 1. The maximum absolute atomic E-state index is 5.30. The van der Waals surface area contributed by atoms with Crippen LogP contribution in [0.25, 0.3) is 0 Å². The Kier molecular flexibility index (Phi) is 3.66. The minimum atomic E-state index is 0.0562. The molecule has 0 aliphatic carbocycles. The molecule has 0 saturated heterocycles. The van der Waals surface area contributed by atoms with Crippen molar-refractivity contribution in [2.24, 2.45) is 0 Å². The molecule has 0 amide bonds. The van der Waals surface area contributed by atoms with Crippen LogP contribution in [0.5, 0.6) is 11.5 Å². The second kappa shape index (κ2) is 4.44. The highest BCUT2D eigenvalue weighted by Gasteiger charge is 2.20. The molecule has 1 aromatic carbocycles. The molecule has 0 bridgehead atoms. The predicted molar refractivity (Wildman–Crippen MR) is 65.9 cm³/mol. The van der Waals surface area contributed by atoms with Crippen LogP contribution in [0.3, 0.4) is 0 Å². The predicted octanol–water partition coefficient (Wildman–Crippen LogP) is 3.76. The number of hydrogen-bond acceptors (Lipinski definition) is 2. The summed E-state index contributed by atoms with van der Waals surface area (Å²) in [4.78, 5) is 0. The SMILES string of the molecule is COc1cc(OC)c(Br)c(C(C)(C)C)c1. The number of methoxy groups -OCH3 is 2. The normalized spacial score (nSPS) is 11.3. The number of rotatable bonds is 2. The standard InChI is InChI=1S/C12H17BrO2/c1-12(2,3)9-6-8(14-4)7-10(15-5)11(9)13/h6-7H,1-5H3. The molecule has 2 nitrogen and oxygen atoms in total. The van der Waals surface area contributed by atoms with Gasteiger partial charge in [0.25, 0.3) is 0 Å². The van der Waals surface area contributed by atoms with E-state index in [0.717, 1.165) is 16.0 Å². The third-order valence-electron chi connectivity index (χ3n) is 2.28. The molecule has 0 heterocycles. The van der Waals surface area contributed by atoms with Crippen molar-refractivity contribution >= 4 is 15.9 Å². The molecule has 0 N–H and O–H groups in total. The molecular weight excluding hydrogens is 256 g/mol. The smallest absolute Gasteiger partial charge is 0.137 e. The van der Waals surface area contributed by atoms with Crippen LogP contribution in [0.4, 0.5) is 0 Å². The van der Waals surface area contributed by atoms with Crippen molar-refractivity contribution in [3.63, 3.8) is 0 Å². The Morgan fingerprint density at radius 1 is 1.07 bits per heavy atom. The first-order chi connectivity index (χ1) is 6.90. The lowest BCUT2D eigenvalue weighted by Crippen LogP contribution is -2.12. The van der Waals surface area contributed by atoms with E-state index in [1.807, 2.05) is 12.1 Å². The zero-order valence-corrected chi connectivity index (χ0v) is 11.4. The first-order valence-electron chi connectivity index (χ1n) is 4.82. The Labute approximate surface area is 99.7 Å². The molecular formula is C12H17BrO2. The van der Waals surface area contributed by atoms with Gasteiger partial charge in [-0.25, -0.2) is 0 Å². The summed E-state index contributed by atoms with van der Waals surface area (Å²) in [6, 6.07) is 3.91. The molecule has 0 spiro atoms. The first kappa shape index (κ1) is 12.4. The number of halogens is 1. The summed E-state index contributed by atoms with van der Waals surface area (Å²) >= 11 is 3.56. The lowest BCUT2D eigenvalue weighted by molar-refractivity contribution is 0.389. The lowest BCUT2D eigenvalue weighted by atomic mass is 9.87. The largest absolute Gasteiger partial charge is 0.497 e. The fraction of sp³-hybridized carbons (Fsp3) is 0.500. The molecule has 0 aliphatic heterocycles. The maximum atomic E-state index is 5.30. The Bertz CT molecular complexity index is 353. The van der Waals surface area contributed by atoms with Crippen LogP contribution in [0.15, 0.2) is 16.6 Å². The summed E-state index contributed by atoms with van der Waals surface area (Å²) in [5.74, 6) is 1.62. The topological polar surface area (TPSA) is 18.5 Å². The van der Waals surface area contributed by atoms with E-state index < -0.39 is 0 Å². The van der Waals surface area contributed by atoms with Gasteiger partial charge in [0, 0.05) is 6.07 Å². The van der Waals surface area contributed by atoms with Gasteiger partial charge in [0.1, 0.15) is 11.5 Å². The third kappa shape index (κ3) is 2.65. The number of hydrogen-bond donors (Lipinski definition) is 0. The lowest BCUT2D eigenvalue weighted by Gasteiger charge is -2.23. The monoisotopic (exact) mass is 272 g/mol. The molecule has 0 radical (unpaired) electrons. The van der Waals surface area contributed by atoms with Crippen molar-refractivity contribution in [2.75, 3.05) is 14.2 Å². The zero-order valence-electron chi connectivity index (χ0n) is 9.85. The van der Waals surface area contributed by atoms with Crippen molar-refractivity contribution in [2.45, 2.75) is 26.2 Å². The highest BCUT2D eigenvalue weighted by Crippen LogP contribution is 2.39. The van der Waals surface area contributed by atoms with Crippen molar-refractivity contribution in [1.29, 1.82) is 0 Å². The van der Waals surface area contributed by atoms with Crippen LogP contribution in [0.2, 0.25) is 0 Å². The van der Waals surface area contributed by atoms with Gasteiger partial charge in [-0.05, 0) is 33.0 Å². The van der Waals surface area contributed by atoms with Gasteiger partial charge in [0.05, 0.1) is 18.7 Å². The van der Waals surface area contributed by atoms with Gasteiger partial charge >= 0.3 is 0 Å². The minimum absolute atomic E-state index is 0.0562. The molecule has 0 aromatic heterocycles. The third-order valence-corrected chi connectivity index (χ3v) is 3.09. The maximum Gasteiger partial charge on any atom is 0.137 e. The van der Waals surface area contributed by atoms with E-state index in [-0.39, 0.29) is 5.41 Å². The summed E-state index contributed by atoms with van der Waals surface area (Å²) in [6.07, 6.45) is 0. The quantitative estimate of drug-likeness (QED) is 0.816. The minimum Gasteiger partial charge on any atom is -0.497 e. The van der Waals surface area contributed by atoms with E-state index >= 15 is 0 Å². The Morgan fingerprint density at radius 3 is 2.07 bits per heavy atom.